The number of likely N-dealkylation sites (N-methyl/N-ethyl adjacent to an activating group) is 2. The van der Waals surface area contributed by atoms with Crippen LogP contribution in [0.15, 0.2) is 23.2 Å². The highest BCUT2D eigenvalue weighted by atomic mass is 19.1. The molecule has 2 bridgehead atoms. The lowest BCUT2D eigenvalue weighted by Crippen LogP contribution is -2.65. The number of hydrogen-bond acceptors (Lipinski definition) is 8. The molecule has 3 heterocycles. The number of esters is 1. The molecule has 1 aromatic carbocycles. The number of Topliss-reactive ketones (excluding diaryl/α,β-unsaturated/α-hetero) is 1. The van der Waals surface area contributed by atoms with Crippen LogP contribution in [0.5, 0.6) is 0 Å². The van der Waals surface area contributed by atoms with Crippen molar-refractivity contribution < 1.29 is 37.9 Å². The summed E-state index contributed by atoms with van der Waals surface area (Å²) in [5.74, 6) is -5.27. The molecule has 1 aromatic rings. The van der Waals surface area contributed by atoms with Gasteiger partial charge >= 0.3 is 17.8 Å². The number of fused-ring (bicyclic) bond motifs is 2. The summed E-state index contributed by atoms with van der Waals surface area (Å²) in [6.07, 6.45) is 1.34. The van der Waals surface area contributed by atoms with Gasteiger partial charge in [-0.15, -0.1) is 0 Å². The normalized spacial score (nSPS) is 25.1. The van der Waals surface area contributed by atoms with E-state index in [1.54, 1.807) is 13.0 Å². The van der Waals surface area contributed by atoms with Crippen molar-refractivity contribution in [3.05, 3.63) is 35.1 Å². The number of carbonyl (C=O) groups excluding carboxylic acids is 6. The smallest absolute Gasteiger partial charge is 0.312 e. The van der Waals surface area contributed by atoms with Gasteiger partial charge in [-0.3, -0.25) is 33.7 Å². The van der Waals surface area contributed by atoms with Gasteiger partial charge < -0.3 is 19.9 Å². The van der Waals surface area contributed by atoms with Crippen LogP contribution in [0.3, 0.4) is 0 Å². The minimum atomic E-state index is -1.71. The second-order valence-corrected chi connectivity index (χ2v) is 11.3. The highest BCUT2D eigenvalue weighted by Crippen LogP contribution is 2.49. The first-order chi connectivity index (χ1) is 19.2. The van der Waals surface area contributed by atoms with Crippen molar-refractivity contribution in [3.63, 3.8) is 0 Å². The van der Waals surface area contributed by atoms with Crippen LogP contribution < -0.4 is 5.32 Å². The summed E-state index contributed by atoms with van der Waals surface area (Å²) in [6, 6.07) is 2.61. The number of amidine groups is 1. The predicted octanol–water partition coefficient (Wildman–Crippen LogP) is 0.351. The van der Waals surface area contributed by atoms with E-state index < -0.39 is 58.2 Å². The molecule has 1 saturated carbocycles. The molecule has 1 unspecified atom stereocenters. The molecule has 1 atom stereocenters. The third-order valence-corrected chi connectivity index (χ3v) is 8.31. The van der Waals surface area contributed by atoms with Crippen molar-refractivity contribution in [2.45, 2.75) is 57.7 Å². The van der Waals surface area contributed by atoms with E-state index in [0.29, 0.717) is 24.0 Å². The summed E-state index contributed by atoms with van der Waals surface area (Å²) in [5.41, 5.74) is -0.990. The van der Waals surface area contributed by atoms with Gasteiger partial charge in [0, 0.05) is 46.6 Å². The van der Waals surface area contributed by atoms with Crippen LogP contribution in [0.2, 0.25) is 0 Å². The molecular weight excluding hydrogens is 537 g/mol. The fourth-order valence-corrected chi connectivity index (χ4v) is 5.77. The van der Waals surface area contributed by atoms with Crippen molar-refractivity contribution in [3.8, 4) is 0 Å². The molecule has 3 fully saturated rings. The number of aryl methyl sites for hydroxylation is 1. The van der Waals surface area contributed by atoms with E-state index in [1.807, 2.05) is 0 Å². The van der Waals surface area contributed by atoms with Gasteiger partial charge in [0.15, 0.2) is 6.04 Å². The number of rotatable bonds is 6. The first kappa shape index (κ1) is 29.8. The van der Waals surface area contributed by atoms with Gasteiger partial charge in [-0.25, -0.2) is 9.38 Å². The van der Waals surface area contributed by atoms with E-state index in [0.717, 1.165) is 4.90 Å². The Morgan fingerprint density at radius 3 is 2.34 bits per heavy atom. The molecule has 3 aliphatic heterocycles. The number of ketones is 1. The Bertz CT molecular complexity index is 1350. The average molecular weight is 572 g/mol. The molecule has 2 saturated heterocycles. The van der Waals surface area contributed by atoms with Gasteiger partial charge in [0.2, 0.25) is 0 Å². The first-order valence-corrected chi connectivity index (χ1v) is 13.3. The molecule has 0 radical (unpaired) electrons. The zero-order valence-corrected chi connectivity index (χ0v) is 23.8. The lowest BCUT2D eigenvalue weighted by molar-refractivity contribution is -0.153. The van der Waals surface area contributed by atoms with Gasteiger partial charge in [0.25, 0.3) is 17.6 Å². The fourth-order valence-electron chi connectivity index (χ4n) is 5.77. The zero-order valence-electron chi connectivity index (χ0n) is 23.8. The van der Waals surface area contributed by atoms with Crippen molar-refractivity contribution >= 4 is 41.2 Å². The van der Waals surface area contributed by atoms with E-state index in [1.165, 1.54) is 50.0 Å². The number of benzene rings is 1. The third-order valence-electron chi connectivity index (χ3n) is 8.31. The summed E-state index contributed by atoms with van der Waals surface area (Å²) < 4.78 is 19.0. The maximum absolute atomic E-state index is 13.6. The van der Waals surface area contributed by atoms with Crippen molar-refractivity contribution in [1.82, 2.24) is 20.0 Å². The molecule has 1 N–H and O–H groups in total. The Balaban J connectivity index is 1.72. The number of nitrogens with zero attached hydrogens (tertiary/aromatic N) is 4. The lowest BCUT2D eigenvalue weighted by Gasteiger charge is -2.47. The summed E-state index contributed by atoms with van der Waals surface area (Å²) in [7, 11) is 4.33. The molecule has 13 heteroatoms. The number of halogens is 1. The predicted molar refractivity (Wildman–Crippen MR) is 143 cm³/mol. The summed E-state index contributed by atoms with van der Waals surface area (Å²) in [4.78, 5) is 85.6. The van der Waals surface area contributed by atoms with E-state index >= 15 is 0 Å². The maximum atomic E-state index is 13.6. The summed E-state index contributed by atoms with van der Waals surface area (Å²) >= 11 is 0. The molecule has 220 valence electrons. The second kappa shape index (κ2) is 11.0. The van der Waals surface area contributed by atoms with Crippen LogP contribution in [0.4, 0.5) is 4.39 Å². The first-order valence-electron chi connectivity index (χ1n) is 13.3. The fraction of sp³-hybridized carbons (Fsp3) is 0.536. The van der Waals surface area contributed by atoms with E-state index in [-0.39, 0.29) is 38.4 Å². The Kier molecular flexibility index (Phi) is 8.01. The van der Waals surface area contributed by atoms with Crippen molar-refractivity contribution in [2.75, 3.05) is 34.3 Å². The number of carbonyl (C=O) groups is 6. The van der Waals surface area contributed by atoms with Crippen LogP contribution in [0.25, 0.3) is 0 Å². The molecule has 12 nitrogen and oxygen atoms in total. The number of nitrogens with one attached hydrogen (secondary N) is 1. The second-order valence-electron chi connectivity index (χ2n) is 11.3. The van der Waals surface area contributed by atoms with Gasteiger partial charge in [0.1, 0.15) is 17.2 Å². The highest BCUT2D eigenvalue weighted by molar-refractivity contribution is 6.46. The van der Waals surface area contributed by atoms with E-state index in [4.69, 9.17) is 4.74 Å². The van der Waals surface area contributed by atoms with Gasteiger partial charge in [0.05, 0.1) is 6.61 Å². The van der Waals surface area contributed by atoms with Crippen LogP contribution in [-0.4, -0.2) is 102 Å². The standard InChI is InChI=1S/C28H34FN5O7/c1-16-12-18(6-7-19(16)29)13-30-22(37)20-21(36)23(38)34-14-27(15-41-17(2)35)8-10-28(11-9-27,26(34)31-20)33(5)25(40)24(39)32(3)4/h6-7,12,20H,8-11,13-15H2,1-5H3,(H,30,37). The Morgan fingerprint density at radius 2 is 1.76 bits per heavy atom. The number of aliphatic imine (C=N–C) groups is 1. The average Bonchev–Trinajstić information content (AvgIpc) is 3.17. The monoisotopic (exact) mass is 571 g/mol. The molecule has 4 aliphatic rings. The van der Waals surface area contributed by atoms with E-state index in [2.05, 4.69) is 10.3 Å². The Morgan fingerprint density at radius 1 is 1.10 bits per heavy atom. The molecule has 0 aromatic heterocycles. The third kappa shape index (κ3) is 5.44. The molecule has 0 spiro atoms. The van der Waals surface area contributed by atoms with E-state index in [9.17, 15) is 33.2 Å². The van der Waals surface area contributed by atoms with Crippen molar-refractivity contribution in [1.29, 1.82) is 0 Å². The molecule has 1 aliphatic carbocycles. The Labute approximate surface area is 236 Å². The summed E-state index contributed by atoms with van der Waals surface area (Å²) in [6.45, 7) is 2.83. The van der Waals surface area contributed by atoms with Gasteiger partial charge in [-0.1, -0.05) is 12.1 Å². The Hall–Kier alpha value is -4.16. The molecule has 4 amide bonds. The number of hydrogen-bond donors (Lipinski definition) is 1. The minimum Gasteiger partial charge on any atom is -0.465 e. The molecule has 41 heavy (non-hydrogen) atoms. The quantitative estimate of drug-likeness (QED) is 0.295. The van der Waals surface area contributed by atoms with Crippen LogP contribution in [-0.2, 0) is 40.0 Å². The number of amides is 4. The van der Waals surface area contributed by atoms with Gasteiger partial charge in [-0.05, 0) is 49.8 Å². The van der Waals surface area contributed by atoms with Crippen molar-refractivity contribution in [2.24, 2.45) is 10.4 Å². The molecule has 5 rings (SSSR count). The maximum Gasteiger partial charge on any atom is 0.312 e. The zero-order chi connectivity index (χ0) is 30.3. The van der Waals surface area contributed by atoms with Gasteiger partial charge in [-0.2, -0.15) is 0 Å². The van der Waals surface area contributed by atoms with Crippen LogP contribution in [0.1, 0.15) is 43.7 Å². The SMILES string of the molecule is CC(=O)OCC12CCC(N(C)C(=O)C(=O)N(C)C)(CC1)C1=NC(C(=O)NCc3ccc(F)c(C)c3)C(=O)C(=O)N1C2. The molecular formula is C28H34FN5O7. The summed E-state index contributed by atoms with van der Waals surface area (Å²) in [5, 5.41) is 2.60. The van der Waals surface area contributed by atoms with Crippen LogP contribution in [0, 0.1) is 18.2 Å². The number of ether oxygens (including phenoxy) is 1. The minimum absolute atomic E-state index is 0.00104. The van der Waals surface area contributed by atoms with Crippen LogP contribution >= 0.6 is 0 Å². The topological polar surface area (TPSA) is 146 Å². The highest BCUT2D eigenvalue weighted by Gasteiger charge is 2.60. The lowest BCUT2D eigenvalue weighted by atomic mass is 9.68. The largest absolute Gasteiger partial charge is 0.465 e.